The zero-order valence-corrected chi connectivity index (χ0v) is 22.5. The number of benzene rings is 2. The maximum atomic E-state index is 15.9. The fourth-order valence-electron chi connectivity index (χ4n) is 6.64. The van der Waals surface area contributed by atoms with Crippen LogP contribution in [0.3, 0.4) is 0 Å². The maximum absolute atomic E-state index is 15.9. The van der Waals surface area contributed by atoms with Gasteiger partial charge in [-0.15, -0.1) is 0 Å². The number of aromatic amines is 1. The van der Waals surface area contributed by atoms with Gasteiger partial charge in [0, 0.05) is 52.9 Å². The molecule has 7 heteroatoms. The Morgan fingerprint density at radius 3 is 2.37 bits per heavy atom. The Morgan fingerprint density at radius 2 is 1.71 bits per heavy atom. The van der Waals surface area contributed by atoms with Crippen LogP contribution in [-0.2, 0) is 6.42 Å². The maximum Gasteiger partial charge on any atom is 0.135 e. The number of halogens is 3. The first-order valence-corrected chi connectivity index (χ1v) is 14.1. The first-order valence-electron chi connectivity index (χ1n) is 14.1. The average Bonchev–Trinajstić information content (AvgIpc) is 3.60. The minimum Gasteiger partial charge on any atom is -0.492 e. The molecule has 3 aliphatic rings. The van der Waals surface area contributed by atoms with Crippen molar-refractivity contribution in [3.05, 3.63) is 64.9 Å². The van der Waals surface area contributed by atoms with Gasteiger partial charge in [0.25, 0.3) is 0 Å². The molecule has 1 aliphatic carbocycles. The first kappa shape index (κ1) is 25.8. The van der Waals surface area contributed by atoms with E-state index in [0.29, 0.717) is 6.61 Å². The van der Waals surface area contributed by atoms with Crippen molar-refractivity contribution in [2.45, 2.75) is 76.0 Å². The molecule has 2 fully saturated rings. The van der Waals surface area contributed by atoms with Crippen molar-refractivity contribution in [2.24, 2.45) is 0 Å². The molecule has 3 aromatic rings. The number of H-pyrrole nitrogens is 1. The summed E-state index contributed by atoms with van der Waals surface area (Å²) in [6.45, 7) is 6.39. The van der Waals surface area contributed by atoms with E-state index >= 15 is 13.2 Å². The number of rotatable bonds is 7. The first-order chi connectivity index (χ1) is 18.2. The van der Waals surface area contributed by atoms with Crippen molar-refractivity contribution in [3.63, 3.8) is 0 Å². The van der Waals surface area contributed by atoms with E-state index in [-0.39, 0.29) is 23.4 Å². The molecule has 204 valence electrons. The Bertz CT molecular complexity index is 1280. The molecule has 0 radical (unpaired) electrons. The van der Waals surface area contributed by atoms with Gasteiger partial charge in [-0.2, -0.15) is 0 Å². The number of likely N-dealkylation sites (tertiary alicyclic amines) is 1. The molecule has 4 nitrogen and oxygen atoms in total. The summed E-state index contributed by atoms with van der Waals surface area (Å²) in [6.07, 6.45) is 7.41. The Morgan fingerprint density at radius 1 is 1.03 bits per heavy atom. The van der Waals surface area contributed by atoms with Gasteiger partial charge in [0.15, 0.2) is 0 Å². The minimum atomic E-state index is -1.51. The van der Waals surface area contributed by atoms with E-state index in [0.717, 1.165) is 61.1 Å². The molecule has 1 atom stereocenters. The molecule has 38 heavy (non-hydrogen) atoms. The van der Waals surface area contributed by atoms with Crippen molar-refractivity contribution in [1.82, 2.24) is 14.8 Å². The second-order valence-corrected chi connectivity index (χ2v) is 12.1. The Kier molecular flexibility index (Phi) is 6.71. The zero-order valence-electron chi connectivity index (χ0n) is 22.5. The summed E-state index contributed by atoms with van der Waals surface area (Å²) in [4.78, 5) is 7.84. The van der Waals surface area contributed by atoms with Crippen LogP contribution >= 0.6 is 0 Å². The fourth-order valence-corrected chi connectivity index (χ4v) is 6.64. The number of aromatic nitrogens is 1. The van der Waals surface area contributed by atoms with Gasteiger partial charge >= 0.3 is 0 Å². The third-order valence-corrected chi connectivity index (χ3v) is 8.62. The Balaban J connectivity index is 1.34. The third kappa shape index (κ3) is 4.95. The highest BCUT2D eigenvalue weighted by Gasteiger charge is 2.56. The lowest BCUT2D eigenvalue weighted by Gasteiger charge is -2.45. The highest BCUT2D eigenvalue weighted by atomic mass is 19.1. The molecule has 0 bridgehead atoms. The summed E-state index contributed by atoms with van der Waals surface area (Å²) in [6, 6.07) is 9.85. The van der Waals surface area contributed by atoms with Gasteiger partial charge in [0.1, 0.15) is 29.7 Å². The summed E-state index contributed by atoms with van der Waals surface area (Å²) >= 11 is 0. The summed E-state index contributed by atoms with van der Waals surface area (Å²) < 4.78 is 52.8. The molecule has 6 rings (SSSR count). The Labute approximate surface area is 223 Å². The SMILES string of the molecule is CC(C)(F)CN1[C@H](c2c(F)cc(OCCN3CCCCCC3)cc2F)c2[nH]c3ccccc3c2CC12CC2. The number of alkyl halides is 1. The smallest absolute Gasteiger partial charge is 0.135 e. The monoisotopic (exact) mass is 525 g/mol. The van der Waals surface area contributed by atoms with E-state index in [1.807, 2.05) is 23.1 Å². The summed E-state index contributed by atoms with van der Waals surface area (Å²) in [7, 11) is 0. The van der Waals surface area contributed by atoms with E-state index in [1.54, 1.807) is 0 Å². The lowest BCUT2D eigenvalue weighted by atomic mass is 9.85. The summed E-state index contributed by atoms with van der Waals surface area (Å²) in [5.74, 6) is -1.10. The van der Waals surface area contributed by atoms with Crippen LogP contribution in [0.4, 0.5) is 13.2 Å². The molecule has 0 amide bonds. The normalized spacial score (nSPS) is 22.0. The lowest BCUT2D eigenvalue weighted by molar-refractivity contribution is 0.0462. The van der Waals surface area contributed by atoms with E-state index in [9.17, 15) is 0 Å². The molecule has 3 heterocycles. The van der Waals surface area contributed by atoms with Gasteiger partial charge in [-0.05, 0) is 70.7 Å². The standard InChI is InChI=1S/C31H38F3N3O/c1-30(2,34)20-37-29(28-23(19-31(37)11-12-31)22-9-5-6-10-26(22)35-28)27-24(32)17-21(18-25(27)33)38-16-15-36-13-7-3-4-8-14-36/h5-6,9-10,17-18,29,35H,3-4,7-8,11-16,19-20H2,1-2H3/t29-/m1/s1. The van der Waals surface area contributed by atoms with Gasteiger partial charge < -0.3 is 9.72 Å². The highest BCUT2D eigenvalue weighted by Crippen LogP contribution is 2.56. The van der Waals surface area contributed by atoms with Crippen LogP contribution in [0, 0.1) is 11.6 Å². The molecule has 0 unspecified atom stereocenters. The number of para-hydroxylation sites is 1. The van der Waals surface area contributed by atoms with Crippen molar-refractivity contribution < 1.29 is 17.9 Å². The molecule has 1 aromatic heterocycles. The van der Waals surface area contributed by atoms with Gasteiger partial charge in [0.2, 0.25) is 0 Å². The Hall–Kier alpha value is -2.51. The predicted octanol–water partition coefficient (Wildman–Crippen LogP) is 6.93. The largest absolute Gasteiger partial charge is 0.492 e. The predicted molar refractivity (Wildman–Crippen MR) is 144 cm³/mol. The number of nitrogens with one attached hydrogen (secondary N) is 1. The van der Waals surface area contributed by atoms with Crippen molar-refractivity contribution >= 4 is 10.9 Å². The zero-order chi connectivity index (χ0) is 26.5. The molecule has 2 aromatic carbocycles. The van der Waals surface area contributed by atoms with Crippen LogP contribution in [0.2, 0.25) is 0 Å². The van der Waals surface area contributed by atoms with Crippen LogP contribution in [-0.4, -0.2) is 58.8 Å². The van der Waals surface area contributed by atoms with Crippen molar-refractivity contribution in [2.75, 3.05) is 32.8 Å². The second-order valence-electron chi connectivity index (χ2n) is 12.1. The van der Waals surface area contributed by atoms with E-state index < -0.39 is 23.3 Å². The summed E-state index contributed by atoms with van der Waals surface area (Å²) in [5, 5.41) is 1.08. The van der Waals surface area contributed by atoms with Crippen molar-refractivity contribution in [3.8, 4) is 5.75 Å². The molecular formula is C31H38F3N3O. The molecular weight excluding hydrogens is 487 g/mol. The molecule has 1 spiro atoms. The van der Waals surface area contributed by atoms with Crippen LogP contribution < -0.4 is 4.74 Å². The molecule has 2 aliphatic heterocycles. The number of ether oxygens (including phenoxy) is 1. The van der Waals surface area contributed by atoms with Gasteiger partial charge in [-0.3, -0.25) is 9.80 Å². The second kappa shape index (κ2) is 9.91. The average molecular weight is 526 g/mol. The van der Waals surface area contributed by atoms with Crippen LogP contribution in [0.15, 0.2) is 36.4 Å². The van der Waals surface area contributed by atoms with E-state index in [1.165, 1.54) is 51.7 Å². The number of hydrogen-bond acceptors (Lipinski definition) is 3. The quantitative estimate of drug-likeness (QED) is 0.363. The number of hydrogen-bond donors (Lipinski definition) is 1. The van der Waals surface area contributed by atoms with Gasteiger partial charge in [0.05, 0.1) is 6.04 Å². The van der Waals surface area contributed by atoms with Crippen LogP contribution in [0.1, 0.15) is 75.2 Å². The number of nitrogens with zero attached hydrogens (tertiary/aromatic N) is 2. The number of fused-ring (bicyclic) bond motifs is 3. The summed E-state index contributed by atoms with van der Waals surface area (Å²) in [5.41, 5.74) is 0.962. The fraction of sp³-hybridized carbons (Fsp3) is 0.548. The topological polar surface area (TPSA) is 31.5 Å². The molecule has 1 saturated carbocycles. The van der Waals surface area contributed by atoms with E-state index in [4.69, 9.17) is 4.74 Å². The van der Waals surface area contributed by atoms with Gasteiger partial charge in [-0.25, -0.2) is 13.2 Å². The molecule has 1 N–H and O–H groups in total. The van der Waals surface area contributed by atoms with Crippen LogP contribution in [0.5, 0.6) is 5.75 Å². The third-order valence-electron chi connectivity index (χ3n) is 8.62. The van der Waals surface area contributed by atoms with Crippen molar-refractivity contribution in [1.29, 1.82) is 0 Å². The van der Waals surface area contributed by atoms with E-state index in [2.05, 4.69) is 16.0 Å². The lowest BCUT2D eigenvalue weighted by Crippen LogP contribution is -2.51. The van der Waals surface area contributed by atoms with Crippen LogP contribution in [0.25, 0.3) is 10.9 Å². The minimum absolute atomic E-state index is 0.0344. The van der Waals surface area contributed by atoms with Gasteiger partial charge in [-0.1, -0.05) is 31.0 Å². The molecule has 1 saturated heterocycles. The highest BCUT2D eigenvalue weighted by molar-refractivity contribution is 5.85.